The van der Waals surface area contributed by atoms with Gasteiger partial charge >= 0.3 is 0 Å². The van der Waals surface area contributed by atoms with E-state index >= 15 is 0 Å². The van der Waals surface area contributed by atoms with Gasteiger partial charge in [-0.2, -0.15) is 0 Å². The fourth-order valence-electron chi connectivity index (χ4n) is 2.76. The summed E-state index contributed by atoms with van der Waals surface area (Å²) in [4.78, 5) is 14.2. The van der Waals surface area contributed by atoms with Gasteiger partial charge in [0.15, 0.2) is 0 Å². The van der Waals surface area contributed by atoms with E-state index in [4.69, 9.17) is 0 Å². The number of nitrogens with zero attached hydrogens (tertiary/aromatic N) is 1. The molecule has 0 fully saturated rings. The first-order valence-corrected chi connectivity index (χ1v) is 10.3. The molecular formula is C20H25FN2O3S. The van der Waals surface area contributed by atoms with E-state index in [2.05, 4.69) is 4.72 Å². The number of rotatable bonds is 8. The first kappa shape index (κ1) is 21.1. The number of benzene rings is 2. The Labute approximate surface area is 160 Å². The summed E-state index contributed by atoms with van der Waals surface area (Å²) >= 11 is 0. The Hall–Kier alpha value is -2.25. The highest BCUT2D eigenvalue weighted by Gasteiger charge is 2.18. The second kappa shape index (κ2) is 9.10. The smallest absolute Gasteiger partial charge is 0.240 e. The Morgan fingerprint density at radius 1 is 1.15 bits per heavy atom. The Morgan fingerprint density at radius 2 is 1.89 bits per heavy atom. The van der Waals surface area contributed by atoms with Crippen molar-refractivity contribution in [1.29, 1.82) is 0 Å². The Morgan fingerprint density at radius 3 is 2.56 bits per heavy atom. The minimum absolute atomic E-state index is 0.00813. The van der Waals surface area contributed by atoms with Crippen molar-refractivity contribution in [2.75, 3.05) is 13.1 Å². The van der Waals surface area contributed by atoms with Crippen LogP contribution in [0.4, 0.5) is 4.39 Å². The van der Waals surface area contributed by atoms with Crippen LogP contribution in [0.3, 0.4) is 0 Å². The quantitative estimate of drug-likeness (QED) is 0.750. The van der Waals surface area contributed by atoms with E-state index in [0.717, 1.165) is 5.56 Å². The van der Waals surface area contributed by atoms with Gasteiger partial charge in [-0.3, -0.25) is 4.79 Å². The highest BCUT2D eigenvalue weighted by molar-refractivity contribution is 7.89. The molecule has 0 unspecified atom stereocenters. The maximum atomic E-state index is 13.3. The summed E-state index contributed by atoms with van der Waals surface area (Å²) in [5, 5.41) is 0. The number of carbonyl (C=O) groups is 1. The van der Waals surface area contributed by atoms with Crippen molar-refractivity contribution in [2.24, 2.45) is 0 Å². The monoisotopic (exact) mass is 392 g/mol. The van der Waals surface area contributed by atoms with Crippen molar-refractivity contribution in [1.82, 2.24) is 9.62 Å². The molecule has 0 saturated heterocycles. The summed E-state index contributed by atoms with van der Waals surface area (Å²) < 4.78 is 40.7. The molecule has 0 aliphatic rings. The third-order valence-electron chi connectivity index (χ3n) is 4.26. The molecule has 0 aromatic heterocycles. The third-order valence-corrected chi connectivity index (χ3v) is 5.86. The second-order valence-electron chi connectivity index (χ2n) is 6.45. The first-order valence-electron chi connectivity index (χ1n) is 8.82. The van der Waals surface area contributed by atoms with E-state index in [9.17, 15) is 17.6 Å². The van der Waals surface area contributed by atoms with Crippen molar-refractivity contribution < 1.29 is 17.6 Å². The van der Waals surface area contributed by atoms with E-state index in [1.807, 2.05) is 19.9 Å². The van der Waals surface area contributed by atoms with Crippen molar-refractivity contribution >= 4 is 15.9 Å². The Kier molecular flexibility index (Phi) is 7.10. The zero-order chi connectivity index (χ0) is 20.0. The van der Waals surface area contributed by atoms with Crippen LogP contribution in [0, 0.1) is 19.7 Å². The van der Waals surface area contributed by atoms with E-state index < -0.39 is 10.0 Å². The number of hydrogen-bond acceptors (Lipinski definition) is 3. The van der Waals surface area contributed by atoms with Gasteiger partial charge in [-0.25, -0.2) is 17.5 Å². The maximum Gasteiger partial charge on any atom is 0.240 e. The van der Waals surface area contributed by atoms with E-state index in [-0.39, 0.29) is 36.1 Å². The molecule has 1 amide bonds. The van der Waals surface area contributed by atoms with Crippen molar-refractivity contribution in [2.45, 2.75) is 38.6 Å². The van der Waals surface area contributed by atoms with Gasteiger partial charge in [0.1, 0.15) is 5.82 Å². The van der Waals surface area contributed by atoms with Crippen LogP contribution in [0.1, 0.15) is 30.0 Å². The first-order chi connectivity index (χ1) is 12.7. The molecule has 7 heteroatoms. The molecule has 1 N–H and O–H groups in total. The molecular weight excluding hydrogens is 367 g/mol. The highest BCUT2D eigenvalue weighted by Crippen LogP contribution is 2.16. The zero-order valence-electron chi connectivity index (χ0n) is 15.8. The predicted molar refractivity (Wildman–Crippen MR) is 103 cm³/mol. The molecule has 0 saturated carbocycles. The summed E-state index contributed by atoms with van der Waals surface area (Å²) in [5.74, 6) is -0.539. The molecule has 0 atom stereocenters. The lowest BCUT2D eigenvalue weighted by molar-refractivity contribution is -0.131. The minimum Gasteiger partial charge on any atom is -0.339 e. The number of carbonyl (C=O) groups excluding carboxylic acids is 1. The maximum absolute atomic E-state index is 13.3. The van der Waals surface area contributed by atoms with Gasteiger partial charge in [0.25, 0.3) is 0 Å². The average Bonchev–Trinajstić information content (AvgIpc) is 2.61. The average molecular weight is 392 g/mol. The molecule has 0 heterocycles. The highest BCUT2D eigenvalue weighted by atomic mass is 32.2. The lowest BCUT2D eigenvalue weighted by Crippen LogP contribution is -2.34. The summed E-state index contributed by atoms with van der Waals surface area (Å²) in [6.45, 7) is 6.14. The molecule has 27 heavy (non-hydrogen) atoms. The molecule has 0 aliphatic heterocycles. The van der Waals surface area contributed by atoms with Gasteiger partial charge < -0.3 is 4.90 Å². The summed E-state index contributed by atoms with van der Waals surface area (Å²) in [5.41, 5.74) is 2.20. The van der Waals surface area contributed by atoms with Crippen LogP contribution >= 0.6 is 0 Å². The Bertz CT molecular complexity index is 913. The van der Waals surface area contributed by atoms with Crippen LogP contribution in [-0.2, 0) is 21.4 Å². The molecule has 0 bridgehead atoms. The number of nitrogens with one attached hydrogen (secondary N) is 1. The van der Waals surface area contributed by atoms with Gasteiger partial charge in [-0.1, -0.05) is 24.3 Å². The van der Waals surface area contributed by atoms with Crippen LogP contribution in [0.5, 0.6) is 0 Å². The van der Waals surface area contributed by atoms with Gasteiger partial charge in [-0.15, -0.1) is 0 Å². The van der Waals surface area contributed by atoms with E-state index in [1.165, 1.54) is 12.1 Å². The van der Waals surface area contributed by atoms with E-state index in [1.54, 1.807) is 36.1 Å². The SMILES string of the molecule is CCN(Cc1cccc(F)c1)C(=O)CCNS(=O)(=O)c1cc(C)ccc1C. The van der Waals surface area contributed by atoms with Crippen LogP contribution in [-0.4, -0.2) is 32.3 Å². The van der Waals surface area contributed by atoms with Crippen molar-refractivity contribution in [3.8, 4) is 0 Å². The lowest BCUT2D eigenvalue weighted by Gasteiger charge is -2.21. The molecule has 2 aromatic rings. The number of aryl methyl sites for hydroxylation is 2. The van der Waals surface area contributed by atoms with Crippen LogP contribution in [0.2, 0.25) is 0 Å². The predicted octanol–water partition coefficient (Wildman–Crippen LogP) is 3.16. The number of amides is 1. The van der Waals surface area contributed by atoms with Crippen LogP contribution in [0.15, 0.2) is 47.4 Å². The molecule has 2 rings (SSSR count). The molecule has 0 spiro atoms. The Balaban J connectivity index is 1.96. The van der Waals surface area contributed by atoms with Gasteiger partial charge in [0, 0.05) is 26.1 Å². The fourth-order valence-corrected chi connectivity index (χ4v) is 4.12. The molecule has 146 valence electrons. The van der Waals surface area contributed by atoms with Crippen LogP contribution < -0.4 is 4.72 Å². The minimum atomic E-state index is -3.68. The van der Waals surface area contributed by atoms with Gasteiger partial charge in [-0.05, 0) is 55.7 Å². The molecule has 0 radical (unpaired) electrons. The van der Waals surface area contributed by atoms with Crippen molar-refractivity contribution in [3.05, 3.63) is 65.0 Å². The molecule has 5 nitrogen and oxygen atoms in total. The molecule has 2 aromatic carbocycles. The van der Waals surface area contributed by atoms with Crippen LogP contribution in [0.25, 0.3) is 0 Å². The molecule has 0 aliphatic carbocycles. The number of halogens is 1. The van der Waals surface area contributed by atoms with E-state index in [0.29, 0.717) is 17.7 Å². The number of sulfonamides is 1. The topological polar surface area (TPSA) is 66.5 Å². The second-order valence-corrected chi connectivity index (χ2v) is 8.19. The van der Waals surface area contributed by atoms with Gasteiger partial charge in [0.2, 0.25) is 15.9 Å². The zero-order valence-corrected chi connectivity index (χ0v) is 16.6. The third kappa shape index (κ3) is 5.87. The lowest BCUT2D eigenvalue weighted by atomic mass is 10.2. The standard InChI is InChI=1S/C20H25FN2O3S/c1-4-23(14-17-6-5-7-18(21)13-17)20(24)10-11-22-27(25,26)19-12-15(2)8-9-16(19)3/h5-9,12-13,22H,4,10-11,14H2,1-3H3. The van der Waals surface area contributed by atoms with Crippen molar-refractivity contribution in [3.63, 3.8) is 0 Å². The fraction of sp³-hybridized carbons (Fsp3) is 0.350. The summed E-state index contributed by atoms with van der Waals surface area (Å²) in [6.07, 6.45) is 0.0350. The van der Waals surface area contributed by atoms with Gasteiger partial charge in [0.05, 0.1) is 4.90 Å². The normalized spacial score (nSPS) is 11.4. The summed E-state index contributed by atoms with van der Waals surface area (Å²) in [7, 11) is -3.68. The summed E-state index contributed by atoms with van der Waals surface area (Å²) in [6, 6.07) is 11.3. The number of hydrogen-bond donors (Lipinski definition) is 1. The largest absolute Gasteiger partial charge is 0.339 e.